The number of ether oxygens (including phenoxy) is 3. The molecule has 2 fully saturated rings. The van der Waals surface area contributed by atoms with Crippen LogP contribution in [0.4, 0.5) is 0 Å². The van der Waals surface area contributed by atoms with Crippen molar-refractivity contribution in [3.8, 4) is 0 Å². The van der Waals surface area contributed by atoms with Crippen molar-refractivity contribution in [2.45, 2.75) is 57.8 Å². The molecule has 2 rings (SSSR count). The molecule has 116 valence electrons. The van der Waals surface area contributed by atoms with E-state index in [2.05, 4.69) is 11.8 Å². The highest BCUT2D eigenvalue weighted by atomic mass is 16.7. The predicted octanol–water partition coefficient (Wildman–Crippen LogP) is 1.95. The van der Waals surface area contributed by atoms with Crippen LogP contribution in [0.2, 0.25) is 0 Å². The Morgan fingerprint density at radius 1 is 1.35 bits per heavy atom. The van der Waals surface area contributed by atoms with Gasteiger partial charge in [0.1, 0.15) is 0 Å². The maximum absolute atomic E-state index is 11.6. The van der Waals surface area contributed by atoms with Crippen LogP contribution in [0.15, 0.2) is 0 Å². The van der Waals surface area contributed by atoms with E-state index in [-0.39, 0.29) is 17.9 Å². The van der Waals surface area contributed by atoms with Crippen LogP contribution < -0.4 is 0 Å². The molecular weight excluding hydrogens is 258 g/mol. The zero-order valence-electron chi connectivity index (χ0n) is 12.7. The molecule has 1 atom stereocenters. The van der Waals surface area contributed by atoms with Gasteiger partial charge in [-0.1, -0.05) is 6.92 Å². The van der Waals surface area contributed by atoms with E-state index in [1.165, 1.54) is 12.8 Å². The summed E-state index contributed by atoms with van der Waals surface area (Å²) in [6.07, 6.45) is 5.49. The monoisotopic (exact) mass is 285 g/mol. The summed E-state index contributed by atoms with van der Waals surface area (Å²) in [4.78, 5) is 13.7. The summed E-state index contributed by atoms with van der Waals surface area (Å²) in [7, 11) is 0. The molecule has 20 heavy (non-hydrogen) atoms. The molecule has 1 saturated carbocycles. The van der Waals surface area contributed by atoms with Gasteiger partial charge >= 0.3 is 5.97 Å². The van der Waals surface area contributed by atoms with Crippen molar-refractivity contribution in [3.05, 3.63) is 0 Å². The molecule has 1 unspecified atom stereocenters. The van der Waals surface area contributed by atoms with E-state index in [0.717, 1.165) is 32.4 Å². The Kier molecular flexibility index (Phi) is 5.81. The Morgan fingerprint density at radius 2 is 2.10 bits per heavy atom. The van der Waals surface area contributed by atoms with E-state index < -0.39 is 0 Å². The number of hydrogen-bond acceptors (Lipinski definition) is 5. The van der Waals surface area contributed by atoms with Crippen molar-refractivity contribution in [1.29, 1.82) is 0 Å². The molecule has 0 bridgehead atoms. The summed E-state index contributed by atoms with van der Waals surface area (Å²) in [6, 6.07) is 0. The zero-order valence-corrected chi connectivity index (χ0v) is 12.7. The van der Waals surface area contributed by atoms with Gasteiger partial charge < -0.3 is 14.2 Å². The van der Waals surface area contributed by atoms with Gasteiger partial charge in [0.25, 0.3) is 0 Å². The van der Waals surface area contributed by atoms with Crippen LogP contribution in [0, 0.1) is 0 Å². The Balaban J connectivity index is 1.80. The van der Waals surface area contributed by atoms with Crippen molar-refractivity contribution in [2.75, 3.05) is 32.8 Å². The molecule has 2 aliphatic rings. The third-order valence-corrected chi connectivity index (χ3v) is 3.94. The minimum Gasteiger partial charge on any atom is -0.465 e. The predicted molar refractivity (Wildman–Crippen MR) is 75.4 cm³/mol. The molecule has 0 aromatic heterocycles. The minimum absolute atomic E-state index is 0.0778. The van der Waals surface area contributed by atoms with Gasteiger partial charge in [-0.3, -0.25) is 9.69 Å². The van der Waals surface area contributed by atoms with Crippen LogP contribution in [0.1, 0.15) is 46.0 Å². The largest absolute Gasteiger partial charge is 0.465 e. The van der Waals surface area contributed by atoms with Crippen molar-refractivity contribution in [3.63, 3.8) is 0 Å². The third-order valence-electron chi connectivity index (χ3n) is 3.94. The average molecular weight is 285 g/mol. The quantitative estimate of drug-likeness (QED) is 0.669. The standard InChI is InChI=1S/C15H27NO4/c1-3-9-16(11-14(17)18-4-2)10-13-12-19-15(20-13)7-5-6-8-15/h13H,3-12H2,1-2H3. The summed E-state index contributed by atoms with van der Waals surface area (Å²) in [5.41, 5.74) is 0. The van der Waals surface area contributed by atoms with E-state index in [1.807, 2.05) is 6.92 Å². The highest BCUT2D eigenvalue weighted by molar-refractivity contribution is 5.71. The van der Waals surface area contributed by atoms with Gasteiger partial charge in [-0.2, -0.15) is 0 Å². The lowest BCUT2D eigenvalue weighted by Crippen LogP contribution is -2.39. The van der Waals surface area contributed by atoms with Crippen LogP contribution in [-0.4, -0.2) is 55.6 Å². The molecule has 1 aliphatic carbocycles. The number of carbonyl (C=O) groups is 1. The maximum Gasteiger partial charge on any atom is 0.320 e. The molecule has 1 heterocycles. The van der Waals surface area contributed by atoms with E-state index in [1.54, 1.807) is 0 Å². The average Bonchev–Trinajstić information content (AvgIpc) is 3.01. The first-order valence-electron chi connectivity index (χ1n) is 7.87. The zero-order chi connectivity index (χ0) is 14.4. The third kappa shape index (κ3) is 4.17. The van der Waals surface area contributed by atoms with Crippen LogP contribution in [0.25, 0.3) is 0 Å². The number of carbonyl (C=O) groups excluding carboxylic acids is 1. The summed E-state index contributed by atoms with van der Waals surface area (Å²) >= 11 is 0. The second-order valence-electron chi connectivity index (χ2n) is 5.71. The molecule has 0 radical (unpaired) electrons. The fourth-order valence-corrected chi connectivity index (χ4v) is 3.11. The molecule has 0 aromatic carbocycles. The van der Waals surface area contributed by atoms with E-state index in [4.69, 9.17) is 14.2 Å². The second kappa shape index (κ2) is 7.38. The van der Waals surface area contributed by atoms with Gasteiger partial charge in [-0.25, -0.2) is 0 Å². The van der Waals surface area contributed by atoms with Crippen molar-refractivity contribution >= 4 is 5.97 Å². The first-order valence-corrected chi connectivity index (χ1v) is 7.87. The summed E-state index contributed by atoms with van der Waals surface area (Å²) in [5.74, 6) is -0.470. The minimum atomic E-state index is -0.313. The van der Waals surface area contributed by atoms with E-state index in [9.17, 15) is 4.79 Å². The highest BCUT2D eigenvalue weighted by Crippen LogP contribution is 2.39. The topological polar surface area (TPSA) is 48.0 Å². The smallest absolute Gasteiger partial charge is 0.320 e. The Hall–Kier alpha value is -0.650. The lowest BCUT2D eigenvalue weighted by atomic mass is 10.2. The Bertz CT molecular complexity index is 315. The van der Waals surface area contributed by atoms with Crippen LogP contribution in [0.3, 0.4) is 0 Å². The number of nitrogens with zero attached hydrogens (tertiary/aromatic N) is 1. The number of esters is 1. The van der Waals surface area contributed by atoms with E-state index >= 15 is 0 Å². The van der Waals surface area contributed by atoms with Gasteiger partial charge in [-0.15, -0.1) is 0 Å². The Morgan fingerprint density at radius 3 is 2.75 bits per heavy atom. The molecule has 5 heteroatoms. The molecule has 0 aromatic rings. The van der Waals surface area contributed by atoms with Gasteiger partial charge in [0.2, 0.25) is 0 Å². The van der Waals surface area contributed by atoms with E-state index in [0.29, 0.717) is 19.8 Å². The molecule has 5 nitrogen and oxygen atoms in total. The van der Waals surface area contributed by atoms with Crippen LogP contribution in [-0.2, 0) is 19.0 Å². The van der Waals surface area contributed by atoms with Gasteiger partial charge in [-0.05, 0) is 32.7 Å². The van der Waals surface area contributed by atoms with Crippen molar-refractivity contribution < 1.29 is 19.0 Å². The summed E-state index contributed by atoms with van der Waals surface area (Å²) in [5, 5.41) is 0. The molecule has 1 saturated heterocycles. The van der Waals surface area contributed by atoms with Crippen LogP contribution in [0.5, 0.6) is 0 Å². The Labute approximate surface area is 121 Å². The number of rotatable bonds is 7. The first kappa shape index (κ1) is 15.7. The van der Waals surface area contributed by atoms with Gasteiger partial charge in [0, 0.05) is 19.4 Å². The van der Waals surface area contributed by atoms with Crippen molar-refractivity contribution in [2.24, 2.45) is 0 Å². The normalized spacial score (nSPS) is 24.6. The fraction of sp³-hybridized carbons (Fsp3) is 0.933. The lowest BCUT2D eigenvalue weighted by Gasteiger charge is -2.25. The first-order chi connectivity index (χ1) is 9.67. The van der Waals surface area contributed by atoms with Crippen LogP contribution >= 0.6 is 0 Å². The van der Waals surface area contributed by atoms with Crippen molar-refractivity contribution in [1.82, 2.24) is 4.90 Å². The molecule has 0 amide bonds. The molecular formula is C15H27NO4. The summed E-state index contributed by atoms with van der Waals surface area (Å²) in [6.45, 7) is 6.99. The molecule has 1 aliphatic heterocycles. The fourth-order valence-electron chi connectivity index (χ4n) is 3.11. The number of hydrogen-bond donors (Lipinski definition) is 0. The lowest BCUT2D eigenvalue weighted by molar-refractivity contribution is -0.164. The second-order valence-corrected chi connectivity index (χ2v) is 5.71. The van der Waals surface area contributed by atoms with Gasteiger partial charge in [0.15, 0.2) is 5.79 Å². The molecule has 1 spiro atoms. The van der Waals surface area contributed by atoms with Gasteiger partial charge in [0.05, 0.1) is 25.9 Å². The SMILES string of the molecule is CCCN(CC(=O)OCC)CC1COC2(CCCC2)O1. The maximum atomic E-state index is 11.6. The summed E-state index contributed by atoms with van der Waals surface area (Å²) < 4.78 is 17.0. The molecule has 0 N–H and O–H groups in total. The highest BCUT2D eigenvalue weighted by Gasteiger charge is 2.43.